The molecule has 0 amide bonds. The van der Waals surface area contributed by atoms with E-state index in [1.165, 1.54) is 0 Å². The van der Waals surface area contributed by atoms with Crippen LogP contribution in [0.15, 0.2) is 12.1 Å². The maximum absolute atomic E-state index is 12.9. The molecule has 1 aromatic carbocycles. The third kappa shape index (κ3) is 3.10. The number of nitrogens with two attached hydrogens (primary N) is 1. The molecule has 2 N–H and O–H groups in total. The van der Waals surface area contributed by atoms with Crippen LogP contribution >= 0.6 is 11.6 Å². The lowest BCUT2D eigenvalue weighted by Crippen LogP contribution is -2.24. The Bertz CT molecular complexity index is 403. The standard InChI is InChI=1S/C11H13ClFNO2/c1-11(2,3)16-10(15)9-7(12)4-6(13)5-8(9)14/h4-5H,14H2,1-3H3. The van der Waals surface area contributed by atoms with Gasteiger partial charge in [-0.05, 0) is 32.9 Å². The van der Waals surface area contributed by atoms with Gasteiger partial charge in [-0.15, -0.1) is 0 Å². The number of hydrogen-bond donors (Lipinski definition) is 1. The summed E-state index contributed by atoms with van der Waals surface area (Å²) < 4.78 is 18.0. The van der Waals surface area contributed by atoms with Gasteiger partial charge in [0.05, 0.1) is 10.7 Å². The van der Waals surface area contributed by atoms with Gasteiger partial charge < -0.3 is 10.5 Å². The lowest BCUT2D eigenvalue weighted by atomic mass is 10.1. The number of carbonyl (C=O) groups is 1. The number of halogens is 2. The Balaban J connectivity index is 3.10. The van der Waals surface area contributed by atoms with Crippen LogP contribution in [0.4, 0.5) is 10.1 Å². The van der Waals surface area contributed by atoms with Crippen LogP contribution in [0.5, 0.6) is 0 Å². The first-order valence-corrected chi connectivity index (χ1v) is 5.06. The van der Waals surface area contributed by atoms with Gasteiger partial charge >= 0.3 is 5.97 Å². The summed E-state index contributed by atoms with van der Waals surface area (Å²) in [6, 6.07) is 2.06. The topological polar surface area (TPSA) is 52.3 Å². The second kappa shape index (κ2) is 4.29. The monoisotopic (exact) mass is 245 g/mol. The largest absolute Gasteiger partial charge is 0.456 e. The molecule has 16 heavy (non-hydrogen) atoms. The zero-order chi connectivity index (χ0) is 12.5. The third-order valence-electron chi connectivity index (χ3n) is 1.69. The predicted octanol–water partition coefficient (Wildman–Crippen LogP) is 3.02. The van der Waals surface area contributed by atoms with Crippen molar-refractivity contribution in [2.75, 3.05) is 5.73 Å². The summed E-state index contributed by atoms with van der Waals surface area (Å²) in [6.07, 6.45) is 0. The summed E-state index contributed by atoms with van der Waals surface area (Å²) >= 11 is 5.74. The molecule has 0 fully saturated rings. The van der Waals surface area contributed by atoms with E-state index in [1.807, 2.05) is 0 Å². The van der Waals surface area contributed by atoms with Gasteiger partial charge in [-0.2, -0.15) is 0 Å². The van der Waals surface area contributed by atoms with Crippen molar-refractivity contribution in [2.24, 2.45) is 0 Å². The highest BCUT2D eigenvalue weighted by molar-refractivity contribution is 6.34. The highest BCUT2D eigenvalue weighted by atomic mass is 35.5. The fraction of sp³-hybridized carbons (Fsp3) is 0.364. The van der Waals surface area contributed by atoms with Gasteiger partial charge in [0, 0.05) is 0 Å². The molecule has 1 rings (SSSR count). The minimum Gasteiger partial charge on any atom is -0.456 e. The summed E-state index contributed by atoms with van der Waals surface area (Å²) in [7, 11) is 0. The maximum Gasteiger partial charge on any atom is 0.342 e. The molecular weight excluding hydrogens is 233 g/mol. The molecule has 1 aromatic rings. The van der Waals surface area contributed by atoms with Crippen LogP contribution in [0, 0.1) is 5.82 Å². The first kappa shape index (κ1) is 12.8. The molecule has 0 aromatic heterocycles. The fourth-order valence-corrected chi connectivity index (χ4v) is 1.43. The quantitative estimate of drug-likeness (QED) is 0.611. The molecule has 0 unspecified atom stereocenters. The Morgan fingerprint density at radius 1 is 1.44 bits per heavy atom. The Labute approximate surface area is 98.3 Å². The van der Waals surface area contributed by atoms with Crippen LogP contribution in [0.1, 0.15) is 31.1 Å². The molecule has 0 atom stereocenters. The van der Waals surface area contributed by atoms with Crippen LogP contribution in [0.3, 0.4) is 0 Å². The second-order valence-electron chi connectivity index (χ2n) is 4.35. The van der Waals surface area contributed by atoms with Crippen molar-refractivity contribution in [3.05, 3.63) is 28.5 Å². The number of nitrogen functional groups attached to an aromatic ring is 1. The Morgan fingerprint density at radius 2 is 2.00 bits per heavy atom. The molecule has 0 heterocycles. The van der Waals surface area contributed by atoms with E-state index in [9.17, 15) is 9.18 Å². The second-order valence-corrected chi connectivity index (χ2v) is 4.76. The molecule has 0 radical (unpaired) electrons. The van der Waals surface area contributed by atoms with Crippen molar-refractivity contribution >= 4 is 23.3 Å². The summed E-state index contributed by atoms with van der Waals surface area (Å²) in [5.74, 6) is -1.25. The molecule has 5 heteroatoms. The van der Waals surface area contributed by atoms with E-state index in [1.54, 1.807) is 20.8 Å². The van der Waals surface area contributed by atoms with E-state index in [0.717, 1.165) is 12.1 Å². The van der Waals surface area contributed by atoms with Gasteiger partial charge in [0.15, 0.2) is 0 Å². The van der Waals surface area contributed by atoms with Crippen LogP contribution in [-0.2, 0) is 4.74 Å². The molecule has 0 bridgehead atoms. The summed E-state index contributed by atoms with van der Waals surface area (Å²) in [4.78, 5) is 11.7. The minimum atomic E-state index is -0.657. The van der Waals surface area contributed by atoms with Gasteiger partial charge in [-0.3, -0.25) is 0 Å². The van der Waals surface area contributed by atoms with Crippen LogP contribution < -0.4 is 5.73 Å². The lowest BCUT2D eigenvalue weighted by Gasteiger charge is -2.20. The summed E-state index contributed by atoms with van der Waals surface area (Å²) in [5.41, 5.74) is 4.83. The maximum atomic E-state index is 12.9. The molecule has 3 nitrogen and oxygen atoms in total. The van der Waals surface area contributed by atoms with Crippen LogP contribution in [-0.4, -0.2) is 11.6 Å². The lowest BCUT2D eigenvalue weighted by molar-refractivity contribution is 0.00710. The molecule has 0 saturated heterocycles. The Hall–Kier alpha value is -1.29. The summed E-state index contributed by atoms with van der Waals surface area (Å²) in [5, 5.41) is -0.0493. The highest BCUT2D eigenvalue weighted by Gasteiger charge is 2.22. The van der Waals surface area contributed by atoms with Crippen molar-refractivity contribution in [1.29, 1.82) is 0 Å². The number of ether oxygens (including phenoxy) is 1. The number of rotatable bonds is 1. The molecule has 0 aliphatic heterocycles. The van der Waals surface area contributed by atoms with Crippen LogP contribution in [0.25, 0.3) is 0 Å². The first-order valence-electron chi connectivity index (χ1n) is 4.68. The fourth-order valence-electron chi connectivity index (χ4n) is 1.14. The van der Waals surface area contributed by atoms with Crippen molar-refractivity contribution in [3.8, 4) is 0 Å². The van der Waals surface area contributed by atoms with E-state index >= 15 is 0 Å². The van der Waals surface area contributed by atoms with Gasteiger partial charge in [-0.25, -0.2) is 9.18 Å². The molecule has 0 aliphatic rings. The van der Waals surface area contributed by atoms with Gasteiger partial charge in [0.2, 0.25) is 0 Å². The Kier molecular flexibility index (Phi) is 3.43. The SMILES string of the molecule is CC(C)(C)OC(=O)c1c(N)cc(F)cc1Cl. The van der Waals surface area contributed by atoms with Crippen molar-refractivity contribution in [2.45, 2.75) is 26.4 Å². The highest BCUT2D eigenvalue weighted by Crippen LogP contribution is 2.26. The van der Waals surface area contributed by atoms with Crippen LogP contribution in [0.2, 0.25) is 5.02 Å². The normalized spacial score (nSPS) is 11.3. The number of esters is 1. The first-order chi connectivity index (χ1) is 7.20. The van der Waals surface area contributed by atoms with Crippen molar-refractivity contribution in [1.82, 2.24) is 0 Å². The van der Waals surface area contributed by atoms with Gasteiger partial charge in [0.25, 0.3) is 0 Å². The molecule has 0 spiro atoms. The minimum absolute atomic E-state index is 0.00186. The third-order valence-corrected chi connectivity index (χ3v) is 1.99. The molecular formula is C11H13ClFNO2. The van der Waals surface area contributed by atoms with E-state index in [2.05, 4.69) is 0 Å². The molecule has 0 aliphatic carbocycles. The van der Waals surface area contributed by atoms with E-state index in [-0.39, 0.29) is 16.3 Å². The van der Waals surface area contributed by atoms with Crippen molar-refractivity contribution < 1.29 is 13.9 Å². The van der Waals surface area contributed by atoms with Gasteiger partial charge in [0.1, 0.15) is 17.0 Å². The van der Waals surface area contributed by atoms with Crippen molar-refractivity contribution in [3.63, 3.8) is 0 Å². The number of anilines is 1. The van der Waals surface area contributed by atoms with E-state index in [0.29, 0.717) is 0 Å². The number of hydrogen-bond acceptors (Lipinski definition) is 3. The number of carbonyl (C=O) groups excluding carboxylic acids is 1. The average Bonchev–Trinajstić information content (AvgIpc) is 1.96. The van der Waals surface area contributed by atoms with E-state index < -0.39 is 17.4 Å². The van der Waals surface area contributed by atoms with Gasteiger partial charge in [-0.1, -0.05) is 11.6 Å². The number of benzene rings is 1. The smallest absolute Gasteiger partial charge is 0.342 e. The zero-order valence-corrected chi connectivity index (χ0v) is 10.1. The zero-order valence-electron chi connectivity index (χ0n) is 9.30. The average molecular weight is 246 g/mol. The Morgan fingerprint density at radius 3 is 2.44 bits per heavy atom. The molecule has 88 valence electrons. The van der Waals surface area contributed by atoms with E-state index in [4.69, 9.17) is 22.1 Å². The predicted molar refractivity (Wildman–Crippen MR) is 61.0 cm³/mol. The molecule has 0 saturated carbocycles. The summed E-state index contributed by atoms with van der Waals surface area (Å²) in [6.45, 7) is 5.16.